The maximum absolute atomic E-state index is 11.2. The van der Waals surface area contributed by atoms with Gasteiger partial charge in [-0.1, -0.05) is 4.49 Å². The molecule has 1 amide bonds. The van der Waals surface area contributed by atoms with Crippen LogP contribution in [0.15, 0.2) is 6.20 Å². The Hall–Kier alpha value is -1.01. The number of nitrogens with one attached hydrogen (secondary N) is 2. The molecule has 0 saturated carbocycles. The van der Waals surface area contributed by atoms with Crippen LogP contribution >= 0.6 is 11.5 Å². The molecule has 0 unspecified atom stereocenters. The minimum Gasteiger partial charge on any atom is -0.314 e. The van der Waals surface area contributed by atoms with Crippen LogP contribution in [0.25, 0.3) is 0 Å². The van der Waals surface area contributed by atoms with Crippen LogP contribution in [0.3, 0.4) is 0 Å². The highest BCUT2D eigenvalue weighted by atomic mass is 32.1. The molecule has 6 heteroatoms. The highest BCUT2D eigenvalue weighted by Crippen LogP contribution is 2.08. The predicted octanol–water partition coefficient (Wildman–Crippen LogP) is 0.0845. The van der Waals surface area contributed by atoms with E-state index in [1.165, 1.54) is 6.20 Å². The Morgan fingerprint density at radius 1 is 1.75 bits per heavy atom. The van der Waals surface area contributed by atoms with E-state index in [9.17, 15) is 4.79 Å². The average molecular weight is 186 g/mol. The van der Waals surface area contributed by atoms with Crippen LogP contribution in [0.5, 0.6) is 0 Å². The van der Waals surface area contributed by atoms with E-state index in [-0.39, 0.29) is 11.9 Å². The lowest BCUT2D eigenvalue weighted by atomic mass is 10.3. The second-order valence-electron chi connectivity index (χ2n) is 2.28. The van der Waals surface area contributed by atoms with Crippen LogP contribution in [0.4, 0.5) is 5.00 Å². The maximum atomic E-state index is 11.2. The zero-order valence-electron chi connectivity index (χ0n) is 6.87. The molecule has 1 atom stereocenters. The molecule has 1 rings (SSSR count). The molecular weight excluding hydrogens is 176 g/mol. The molecule has 0 saturated heterocycles. The molecule has 1 aromatic rings. The number of likely N-dealkylation sites (N-methyl/N-ethyl adjacent to an activating group) is 1. The van der Waals surface area contributed by atoms with Crippen molar-refractivity contribution in [1.82, 2.24) is 14.9 Å². The summed E-state index contributed by atoms with van der Waals surface area (Å²) in [7, 11) is 1.73. The first-order valence-corrected chi connectivity index (χ1v) is 4.27. The molecule has 0 aliphatic rings. The SMILES string of the molecule is CN[C@@H](C)C(=O)Nc1cnns1. The highest BCUT2D eigenvalue weighted by molar-refractivity contribution is 7.10. The Morgan fingerprint density at radius 2 is 2.50 bits per heavy atom. The minimum absolute atomic E-state index is 0.0800. The number of hydrogen-bond acceptors (Lipinski definition) is 5. The quantitative estimate of drug-likeness (QED) is 0.701. The second-order valence-corrected chi connectivity index (χ2v) is 3.07. The number of amides is 1. The number of carbonyl (C=O) groups is 1. The van der Waals surface area contributed by atoms with Gasteiger partial charge in [-0.25, -0.2) is 0 Å². The van der Waals surface area contributed by atoms with Crippen LogP contribution in [0, 0.1) is 0 Å². The lowest BCUT2D eigenvalue weighted by molar-refractivity contribution is -0.117. The van der Waals surface area contributed by atoms with Crippen molar-refractivity contribution in [3.05, 3.63) is 6.20 Å². The van der Waals surface area contributed by atoms with Crippen LogP contribution < -0.4 is 10.6 Å². The zero-order chi connectivity index (χ0) is 8.97. The van der Waals surface area contributed by atoms with E-state index < -0.39 is 0 Å². The lowest BCUT2D eigenvalue weighted by Crippen LogP contribution is -2.35. The Bertz CT molecular complexity index is 248. The van der Waals surface area contributed by atoms with Gasteiger partial charge in [-0.05, 0) is 14.0 Å². The molecule has 1 heterocycles. The Balaban J connectivity index is 2.47. The fourth-order valence-electron chi connectivity index (χ4n) is 0.583. The van der Waals surface area contributed by atoms with Crippen LogP contribution in [-0.2, 0) is 4.79 Å². The largest absolute Gasteiger partial charge is 0.314 e. The monoisotopic (exact) mass is 186 g/mol. The van der Waals surface area contributed by atoms with Gasteiger partial charge >= 0.3 is 0 Å². The summed E-state index contributed by atoms with van der Waals surface area (Å²) < 4.78 is 3.62. The third-order valence-electron chi connectivity index (χ3n) is 1.43. The van der Waals surface area contributed by atoms with Crippen molar-refractivity contribution in [1.29, 1.82) is 0 Å². The molecule has 66 valence electrons. The number of hydrogen-bond donors (Lipinski definition) is 2. The van der Waals surface area contributed by atoms with Crippen LogP contribution in [0.1, 0.15) is 6.92 Å². The van der Waals surface area contributed by atoms with Crippen LogP contribution in [0.2, 0.25) is 0 Å². The van der Waals surface area contributed by atoms with E-state index >= 15 is 0 Å². The molecule has 12 heavy (non-hydrogen) atoms. The van der Waals surface area contributed by atoms with Crippen LogP contribution in [-0.4, -0.2) is 28.6 Å². The van der Waals surface area contributed by atoms with Gasteiger partial charge in [0, 0.05) is 11.5 Å². The van der Waals surface area contributed by atoms with Crippen molar-refractivity contribution in [3.63, 3.8) is 0 Å². The van der Waals surface area contributed by atoms with Crippen molar-refractivity contribution in [3.8, 4) is 0 Å². The highest BCUT2D eigenvalue weighted by Gasteiger charge is 2.10. The molecule has 0 spiro atoms. The Labute approximate surface area is 74.3 Å². The smallest absolute Gasteiger partial charge is 0.241 e. The number of anilines is 1. The van der Waals surface area contributed by atoms with E-state index in [4.69, 9.17) is 0 Å². The number of aromatic nitrogens is 2. The summed E-state index contributed by atoms with van der Waals surface area (Å²) >= 11 is 1.16. The molecule has 0 radical (unpaired) electrons. The van der Waals surface area contributed by atoms with Gasteiger partial charge in [-0.15, -0.1) is 5.10 Å². The fourth-order valence-corrected chi connectivity index (χ4v) is 1.01. The predicted molar refractivity (Wildman–Crippen MR) is 47.1 cm³/mol. The summed E-state index contributed by atoms with van der Waals surface area (Å²) in [6, 6.07) is -0.202. The fraction of sp³-hybridized carbons (Fsp3) is 0.500. The van der Waals surface area contributed by atoms with E-state index in [0.29, 0.717) is 5.00 Å². The average Bonchev–Trinajstić information content (AvgIpc) is 2.55. The summed E-state index contributed by atoms with van der Waals surface area (Å²) in [5, 5.41) is 9.76. The molecular formula is C6H10N4OS. The lowest BCUT2D eigenvalue weighted by Gasteiger charge is -2.07. The summed E-state index contributed by atoms with van der Waals surface area (Å²) in [5.74, 6) is -0.0800. The normalized spacial score (nSPS) is 12.5. The summed E-state index contributed by atoms with van der Waals surface area (Å²) in [6.45, 7) is 1.78. The topological polar surface area (TPSA) is 66.9 Å². The summed E-state index contributed by atoms with van der Waals surface area (Å²) in [6.07, 6.45) is 1.52. The van der Waals surface area contributed by atoms with E-state index in [1.54, 1.807) is 14.0 Å². The van der Waals surface area contributed by atoms with Gasteiger partial charge in [0.15, 0.2) is 0 Å². The molecule has 0 aromatic carbocycles. The van der Waals surface area contributed by atoms with Crippen molar-refractivity contribution < 1.29 is 4.79 Å². The van der Waals surface area contributed by atoms with Crippen molar-refractivity contribution in [2.24, 2.45) is 0 Å². The van der Waals surface area contributed by atoms with Gasteiger partial charge < -0.3 is 10.6 Å². The number of nitrogens with zero attached hydrogens (tertiary/aromatic N) is 2. The first-order valence-electron chi connectivity index (χ1n) is 3.49. The van der Waals surface area contributed by atoms with E-state index in [1.807, 2.05) is 0 Å². The van der Waals surface area contributed by atoms with Crippen molar-refractivity contribution >= 4 is 22.4 Å². The maximum Gasteiger partial charge on any atom is 0.241 e. The standard InChI is InChI=1S/C6H10N4OS/c1-4(7-2)6(11)9-5-3-8-10-12-5/h3-4,7H,1-2H3,(H,9,11)/t4-/m0/s1. The van der Waals surface area contributed by atoms with Crippen molar-refractivity contribution in [2.75, 3.05) is 12.4 Å². The third-order valence-corrected chi connectivity index (χ3v) is 2.01. The van der Waals surface area contributed by atoms with Gasteiger partial charge in [0.1, 0.15) is 5.00 Å². The molecule has 5 nitrogen and oxygen atoms in total. The third kappa shape index (κ3) is 2.24. The number of carbonyl (C=O) groups excluding carboxylic acids is 1. The molecule has 0 bridgehead atoms. The van der Waals surface area contributed by atoms with Gasteiger partial charge in [0.25, 0.3) is 0 Å². The zero-order valence-corrected chi connectivity index (χ0v) is 7.68. The molecule has 1 aromatic heterocycles. The molecule has 0 aliphatic heterocycles. The van der Waals surface area contributed by atoms with Crippen molar-refractivity contribution in [2.45, 2.75) is 13.0 Å². The first-order chi connectivity index (χ1) is 5.74. The molecule has 2 N–H and O–H groups in total. The van der Waals surface area contributed by atoms with E-state index in [0.717, 1.165) is 11.5 Å². The molecule has 0 fully saturated rings. The summed E-state index contributed by atoms with van der Waals surface area (Å²) in [4.78, 5) is 11.2. The first kappa shape index (κ1) is 9.08. The van der Waals surface area contributed by atoms with Gasteiger partial charge in [0.05, 0.1) is 12.2 Å². The van der Waals surface area contributed by atoms with Gasteiger partial charge in [-0.2, -0.15) is 0 Å². The van der Waals surface area contributed by atoms with Gasteiger partial charge in [0.2, 0.25) is 5.91 Å². The second kappa shape index (κ2) is 4.13. The Kier molecular flexibility index (Phi) is 3.12. The van der Waals surface area contributed by atoms with Gasteiger partial charge in [-0.3, -0.25) is 4.79 Å². The Morgan fingerprint density at radius 3 is 3.00 bits per heavy atom. The minimum atomic E-state index is -0.202. The van der Waals surface area contributed by atoms with E-state index in [2.05, 4.69) is 20.2 Å². The number of rotatable bonds is 3. The molecule has 0 aliphatic carbocycles. The summed E-state index contributed by atoms with van der Waals surface area (Å²) in [5.41, 5.74) is 0.